The first kappa shape index (κ1) is 22.8. The Hall–Kier alpha value is -2.97. The zero-order valence-corrected chi connectivity index (χ0v) is 20.7. The van der Waals surface area contributed by atoms with Gasteiger partial charge in [-0.2, -0.15) is 5.10 Å². The Balaban J connectivity index is 0.000000297. The molecule has 178 valence electrons. The van der Waals surface area contributed by atoms with Crippen LogP contribution >= 0.6 is 11.8 Å². The molecular formula is C26H33N7S. The fourth-order valence-corrected chi connectivity index (χ4v) is 6.12. The van der Waals surface area contributed by atoms with Gasteiger partial charge in [-0.25, -0.2) is 4.99 Å². The summed E-state index contributed by atoms with van der Waals surface area (Å²) in [5.41, 5.74) is 10.7. The SMILES string of the molecule is C=CC1C=CSC1.CN1CCC(C2N(C)C(c3ccc4cn[nH]c4c3)=C3C(N)=NC=CN32)CC1. The highest BCUT2D eigenvalue weighted by molar-refractivity contribution is 8.02. The summed E-state index contributed by atoms with van der Waals surface area (Å²) in [6, 6.07) is 6.41. The Morgan fingerprint density at radius 1 is 1.21 bits per heavy atom. The van der Waals surface area contributed by atoms with Crippen LogP contribution in [0.25, 0.3) is 16.6 Å². The van der Waals surface area contributed by atoms with E-state index in [2.05, 4.69) is 86.4 Å². The number of hydrogen-bond acceptors (Lipinski definition) is 7. The molecule has 2 atom stereocenters. The molecule has 4 aliphatic rings. The van der Waals surface area contributed by atoms with E-state index in [4.69, 9.17) is 5.73 Å². The second kappa shape index (κ2) is 9.72. The standard InChI is InChI=1S/C20H25N7.C6H8S/c1-25-8-5-13(6-9-25)20-26(2)17(18-19(21)22-7-10-27(18)20)14-3-4-15-12-23-24-16(15)11-14;1-2-6-3-4-7-5-6/h3-4,7,10-13,20H,5-6,8-9H2,1-2H3,(H2,21,22)(H,23,24);2-4,6H,1,5H2. The van der Waals surface area contributed by atoms with Crippen LogP contribution in [0.2, 0.25) is 0 Å². The third kappa shape index (κ3) is 4.28. The van der Waals surface area contributed by atoms with E-state index in [9.17, 15) is 0 Å². The van der Waals surface area contributed by atoms with Crippen LogP contribution in [0.1, 0.15) is 18.4 Å². The lowest BCUT2D eigenvalue weighted by molar-refractivity contribution is 0.0919. The third-order valence-electron chi connectivity index (χ3n) is 7.11. The summed E-state index contributed by atoms with van der Waals surface area (Å²) in [6.45, 7) is 5.96. The van der Waals surface area contributed by atoms with Crippen LogP contribution in [-0.4, -0.2) is 69.8 Å². The van der Waals surface area contributed by atoms with E-state index in [1.54, 1.807) is 0 Å². The number of H-pyrrole nitrogens is 1. The van der Waals surface area contributed by atoms with Gasteiger partial charge in [0.15, 0.2) is 0 Å². The molecule has 0 saturated carbocycles. The number of benzene rings is 1. The Labute approximate surface area is 205 Å². The molecule has 2 aromatic rings. The molecule has 1 aromatic heterocycles. The molecule has 3 N–H and O–H groups in total. The summed E-state index contributed by atoms with van der Waals surface area (Å²) in [7, 11) is 4.39. The largest absolute Gasteiger partial charge is 0.382 e. The number of aliphatic imine (C=N–C) groups is 1. The summed E-state index contributed by atoms with van der Waals surface area (Å²) in [5.74, 6) is 3.01. The highest BCUT2D eigenvalue weighted by atomic mass is 32.2. The van der Waals surface area contributed by atoms with Gasteiger partial charge in [0.1, 0.15) is 17.7 Å². The van der Waals surface area contributed by atoms with Crippen molar-refractivity contribution in [2.45, 2.75) is 19.0 Å². The van der Waals surface area contributed by atoms with E-state index >= 15 is 0 Å². The fraction of sp³-hybridized carbons (Fsp3) is 0.385. The number of allylic oxidation sites excluding steroid dienone is 2. The van der Waals surface area contributed by atoms with Crippen molar-refractivity contribution in [3.05, 3.63) is 72.2 Å². The average molecular weight is 476 g/mol. The molecule has 34 heavy (non-hydrogen) atoms. The maximum atomic E-state index is 6.36. The molecule has 1 saturated heterocycles. The van der Waals surface area contributed by atoms with Gasteiger partial charge in [-0.05, 0) is 44.5 Å². The lowest BCUT2D eigenvalue weighted by Gasteiger charge is -2.40. The Bertz CT molecular complexity index is 1170. The molecule has 7 nitrogen and oxygen atoms in total. The first-order chi connectivity index (χ1) is 16.6. The quantitative estimate of drug-likeness (QED) is 0.653. The number of fused-ring (bicyclic) bond motifs is 2. The number of nitrogens with one attached hydrogen (secondary N) is 1. The highest BCUT2D eigenvalue weighted by Crippen LogP contribution is 2.42. The van der Waals surface area contributed by atoms with Crippen molar-refractivity contribution in [1.29, 1.82) is 0 Å². The maximum absolute atomic E-state index is 6.36. The highest BCUT2D eigenvalue weighted by Gasteiger charge is 2.43. The van der Waals surface area contributed by atoms with Gasteiger partial charge in [0, 0.05) is 48.0 Å². The Kier molecular flexibility index (Phi) is 6.52. The Morgan fingerprint density at radius 3 is 2.74 bits per heavy atom. The maximum Gasteiger partial charge on any atom is 0.149 e. The van der Waals surface area contributed by atoms with Crippen molar-refractivity contribution in [3.8, 4) is 0 Å². The normalized spacial score (nSPS) is 24.9. The molecule has 4 aliphatic heterocycles. The first-order valence-corrected chi connectivity index (χ1v) is 12.9. The van der Waals surface area contributed by atoms with Gasteiger partial charge in [-0.15, -0.1) is 18.3 Å². The van der Waals surface area contributed by atoms with Gasteiger partial charge in [-0.3, -0.25) is 5.10 Å². The van der Waals surface area contributed by atoms with Crippen molar-refractivity contribution in [2.75, 3.05) is 32.9 Å². The molecule has 8 heteroatoms. The molecule has 0 bridgehead atoms. The number of piperidine rings is 1. The Morgan fingerprint density at radius 2 is 2.03 bits per heavy atom. The summed E-state index contributed by atoms with van der Waals surface area (Å²) in [4.78, 5) is 11.5. The number of likely N-dealkylation sites (tertiary alicyclic amines) is 1. The average Bonchev–Trinajstić information content (AvgIpc) is 3.59. The first-order valence-electron chi connectivity index (χ1n) is 11.9. The van der Waals surface area contributed by atoms with E-state index in [-0.39, 0.29) is 6.17 Å². The van der Waals surface area contributed by atoms with Crippen molar-refractivity contribution in [3.63, 3.8) is 0 Å². The number of nitrogens with two attached hydrogens (primary N) is 1. The number of amidine groups is 1. The second-order valence-corrected chi connectivity index (χ2v) is 10.3. The van der Waals surface area contributed by atoms with Crippen LogP contribution in [-0.2, 0) is 0 Å². The van der Waals surface area contributed by atoms with E-state index in [0.717, 1.165) is 40.9 Å². The van der Waals surface area contributed by atoms with Crippen LogP contribution in [0.4, 0.5) is 0 Å². The zero-order chi connectivity index (χ0) is 23.7. The molecule has 1 fully saturated rings. The molecule has 0 amide bonds. The van der Waals surface area contributed by atoms with Gasteiger partial charge < -0.3 is 20.4 Å². The van der Waals surface area contributed by atoms with Gasteiger partial charge in [0.25, 0.3) is 0 Å². The summed E-state index contributed by atoms with van der Waals surface area (Å²) >= 11 is 1.85. The summed E-state index contributed by atoms with van der Waals surface area (Å²) < 4.78 is 0. The number of hydrogen-bond donors (Lipinski definition) is 2. The van der Waals surface area contributed by atoms with E-state index < -0.39 is 0 Å². The number of thioether (sulfide) groups is 1. The number of nitrogens with zero attached hydrogens (tertiary/aromatic N) is 5. The zero-order valence-electron chi connectivity index (χ0n) is 19.9. The summed E-state index contributed by atoms with van der Waals surface area (Å²) in [6.07, 6.45) is 12.5. The lowest BCUT2D eigenvalue weighted by Crippen LogP contribution is -2.47. The minimum absolute atomic E-state index is 0.270. The molecule has 1 aromatic carbocycles. The van der Waals surface area contributed by atoms with Gasteiger partial charge in [0.2, 0.25) is 0 Å². The fourth-order valence-electron chi connectivity index (χ4n) is 5.22. The summed E-state index contributed by atoms with van der Waals surface area (Å²) in [5, 5.41) is 10.5. The molecule has 0 spiro atoms. The molecular weight excluding hydrogens is 442 g/mol. The molecule has 5 heterocycles. The van der Waals surface area contributed by atoms with Gasteiger partial charge >= 0.3 is 0 Å². The molecule has 0 aliphatic carbocycles. The number of rotatable bonds is 3. The molecule has 2 unspecified atom stereocenters. The third-order valence-corrected chi connectivity index (χ3v) is 8.04. The van der Waals surface area contributed by atoms with E-state index in [1.165, 1.54) is 18.6 Å². The van der Waals surface area contributed by atoms with Crippen LogP contribution in [0.15, 0.2) is 71.6 Å². The van der Waals surface area contributed by atoms with Gasteiger partial charge in [-0.1, -0.05) is 24.3 Å². The van der Waals surface area contributed by atoms with Crippen molar-refractivity contribution >= 4 is 34.2 Å². The smallest absolute Gasteiger partial charge is 0.149 e. The predicted molar refractivity (Wildman–Crippen MR) is 143 cm³/mol. The number of aromatic nitrogens is 2. The molecule has 0 radical (unpaired) electrons. The van der Waals surface area contributed by atoms with Crippen molar-refractivity contribution < 1.29 is 0 Å². The predicted octanol–water partition coefficient (Wildman–Crippen LogP) is 4.04. The van der Waals surface area contributed by atoms with Crippen LogP contribution in [0.5, 0.6) is 0 Å². The van der Waals surface area contributed by atoms with Crippen molar-refractivity contribution in [2.24, 2.45) is 22.6 Å². The van der Waals surface area contributed by atoms with Gasteiger partial charge in [0.05, 0.1) is 17.4 Å². The van der Waals surface area contributed by atoms with Crippen LogP contribution in [0.3, 0.4) is 0 Å². The topological polar surface area (TPSA) is 76.8 Å². The number of aromatic amines is 1. The molecule has 6 rings (SSSR count). The minimum atomic E-state index is 0.270. The van der Waals surface area contributed by atoms with E-state index in [1.807, 2.05) is 30.2 Å². The second-order valence-electron chi connectivity index (χ2n) is 9.32. The monoisotopic (exact) mass is 475 g/mol. The van der Waals surface area contributed by atoms with E-state index in [0.29, 0.717) is 17.7 Å². The minimum Gasteiger partial charge on any atom is -0.382 e. The lowest BCUT2D eigenvalue weighted by atomic mass is 9.92. The van der Waals surface area contributed by atoms with Crippen LogP contribution in [0, 0.1) is 11.8 Å². The van der Waals surface area contributed by atoms with Crippen molar-refractivity contribution in [1.82, 2.24) is 24.9 Å². The van der Waals surface area contributed by atoms with Crippen LogP contribution < -0.4 is 5.73 Å².